The molecule has 2 atom stereocenters. The molecule has 0 radical (unpaired) electrons. The van der Waals surface area contributed by atoms with Gasteiger partial charge in [-0.2, -0.15) is 0 Å². The molecule has 1 fully saturated rings. The van der Waals surface area contributed by atoms with Crippen LogP contribution in [-0.4, -0.2) is 18.0 Å². The van der Waals surface area contributed by atoms with E-state index in [1.54, 1.807) is 13.0 Å². The minimum Gasteiger partial charge on any atom is -0.469 e. The first-order valence-corrected chi connectivity index (χ1v) is 5.79. The van der Waals surface area contributed by atoms with E-state index in [9.17, 15) is 4.79 Å². The maximum Gasteiger partial charge on any atom is 0.255 e. The highest BCUT2D eigenvalue weighted by molar-refractivity contribution is 5.95. The molecule has 1 aromatic rings. The zero-order valence-corrected chi connectivity index (χ0v) is 9.53. The van der Waals surface area contributed by atoms with Crippen molar-refractivity contribution >= 4 is 5.91 Å². The fourth-order valence-corrected chi connectivity index (χ4v) is 2.21. The van der Waals surface area contributed by atoms with E-state index < -0.39 is 0 Å². The largest absolute Gasteiger partial charge is 0.469 e. The molecule has 3 N–H and O–H groups in total. The maximum atomic E-state index is 11.9. The van der Waals surface area contributed by atoms with Gasteiger partial charge in [-0.25, -0.2) is 0 Å². The van der Waals surface area contributed by atoms with E-state index in [0.29, 0.717) is 11.3 Å². The molecule has 2 rings (SSSR count). The number of hydrogen-bond donors (Lipinski definition) is 2. The Morgan fingerprint density at radius 2 is 2.25 bits per heavy atom. The number of hydrogen-bond acceptors (Lipinski definition) is 3. The highest BCUT2D eigenvalue weighted by Gasteiger charge is 2.24. The second-order valence-electron chi connectivity index (χ2n) is 4.42. The maximum absolute atomic E-state index is 11.9. The van der Waals surface area contributed by atoms with Gasteiger partial charge in [0.15, 0.2) is 0 Å². The highest BCUT2D eigenvalue weighted by Crippen LogP contribution is 2.18. The van der Waals surface area contributed by atoms with Gasteiger partial charge in [-0.15, -0.1) is 0 Å². The van der Waals surface area contributed by atoms with Gasteiger partial charge < -0.3 is 15.5 Å². The van der Waals surface area contributed by atoms with Gasteiger partial charge in [0.2, 0.25) is 0 Å². The van der Waals surface area contributed by atoms with Crippen LogP contribution in [0.5, 0.6) is 0 Å². The summed E-state index contributed by atoms with van der Waals surface area (Å²) in [6.07, 6.45) is 5.81. The molecule has 0 bridgehead atoms. The van der Waals surface area contributed by atoms with Crippen molar-refractivity contribution in [2.24, 2.45) is 5.73 Å². The van der Waals surface area contributed by atoms with E-state index >= 15 is 0 Å². The number of aryl methyl sites for hydroxylation is 1. The second kappa shape index (κ2) is 4.70. The molecule has 1 amide bonds. The number of nitrogens with one attached hydrogen (secondary N) is 1. The number of carbonyl (C=O) groups is 1. The number of carbonyl (C=O) groups excluding carboxylic acids is 1. The minimum absolute atomic E-state index is 0.0754. The normalized spacial score (nSPS) is 25.4. The van der Waals surface area contributed by atoms with Gasteiger partial charge in [0.1, 0.15) is 5.76 Å². The quantitative estimate of drug-likeness (QED) is 0.798. The monoisotopic (exact) mass is 222 g/mol. The summed E-state index contributed by atoms with van der Waals surface area (Å²) >= 11 is 0. The summed E-state index contributed by atoms with van der Waals surface area (Å²) in [5.41, 5.74) is 6.59. The molecule has 0 aliphatic heterocycles. The lowest BCUT2D eigenvalue weighted by Gasteiger charge is -2.29. The van der Waals surface area contributed by atoms with Crippen molar-refractivity contribution < 1.29 is 9.21 Å². The van der Waals surface area contributed by atoms with E-state index in [1.165, 1.54) is 6.26 Å². The second-order valence-corrected chi connectivity index (χ2v) is 4.42. The van der Waals surface area contributed by atoms with Crippen molar-refractivity contribution in [3.63, 3.8) is 0 Å². The third-order valence-corrected chi connectivity index (χ3v) is 3.24. The molecule has 1 aromatic heterocycles. The van der Waals surface area contributed by atoms with Gasteiger partial charge in [0.25, 0.3) is 5.91 Å². The van der Waals surface area contributed by atoms with Crippen molar-refractivity contribution in [1.29, 1.82) is 0 Å². The number of rotatable bonds is 2. The van der Waals surface area contributed by atoms with Crippen LogP contribution >= 0.6 is 0 Å². The molecular formula is C12H18N2O2. The van der Waals surface area contributed by atoms with Crippen LogP contribution in [-0.2, 0) is 0 Å². The van der Waals surface area contributed by atoms with Crippen molar-refractivity contribution in [2.75, 3.05) is 0 Å². The van der Waals surface area contributed by atoms with Crippen LogP contribution in [0.1, 0.15) is 41.8 Å². The molecule has 1 heterocycles. The van der Waals surface area contributed by atoms with Crippen LogP contribution in [0.15, 0.2) is 16.7 Å². The molecule has 0 saturated heterocycles. The molecule has 16 heavy (non-hydrogen) atoms. The SMILES string of the molecule is Cc1occc1C(=O)N[C@@H]1CCCC[C@H]1N. The molecule has 0 spiro atoms. The predicted octanol–water partition coefficient (Wildman–Crippen LogP) is 1.59. The Morgan fingerprint density at radius 1 is 1.50 bits per heavy atom. The van der Waals surface area contributed by atoms with E-state index in [-0.39, 0.29) is 18.0 Å². The van der Waals surface area contributed by atoms with E-state index in [1.807, 2.05) is 0 Å². The molecule has 1 aliphatic carbocycles. The zero-order chi connectivity index (χ0) is 11.5. The molecule has 1 aliphatic rings. The van der Waals surface area contributed by atoms with E-state index in [2.05, 4.69) is 5.32 Å². The van der Waals surface area contributed by atoms with Crippen LogP contribution in [0.2, 0.25) is 0 Å². The van der Waals surface area contributed by atoms with Crippen LogP contribution in [0.3, 0.4) is 0 Å². The summed E-state index contributed by atoms with van der Waals surface area (Å²) in [5, 5.41) is 2.99. The minimum atomic E-state index is -0.0754. The topological polar surface area (TPSA) is 68.3 Å². The zero-order valence-electron chi connectivity index (χ0n) is 9.53. The van der Waals surface area contributed by atoms with Gasteiger partial charge in [-0.05, 0) is 25.8 Å². The molecule has 1 saturated carbocycles. The lowest BCUT2D eigenvalue weighted by Crippen LogP contribution is -2.49. The number of amides is 1. The third kappa shape index (κ3) is 2.27. The van der Waals surface area contributed by atoms with Crippen molar-refractivity contribution in [3.8, 4) is 0 Å². The standard InChI is InChI=1S/C12H18N2O2/c1-8-9(6-7-16-8)12(15)14-11-5-3-2-4-10(11)13/h6-7,10-11H,2-5,13H2,1H3,(H,14,15)/t10-,11-/m1/s1. The molecule has 0 aromatic carbocycles. The lowest BCUT2D eigenvalue weighted by atomic mass is 9.91. The molecule has 88 valence electrons. The van der Waals surface area contributed by atoms with Crippen LogP contribution in [0, 0.1) is 6.92 Å². The van der Waals surface area contributed by atoms with Crippen LogP contribution < -0.4 is 11.1 Å². The Hall–Kier alpha value is -1.29. The molecule has 4 heteroatoms. The Balaban J connectivity index is 1.99. The fraction of sp³-hybridized carbons (Fsp3) is 0.583. The third-order valence-electron chi connectivity index (χ3n) is 3.24. The van der Waals surface area contributed by atoms with Crippen molar-refractivity contribution in [2.45, 2.75) is 44.7 Å². The summed E-state index contributed by atoms with van der Waals surface area (Å²) in [6.45, 7) is 1.79. The Labute approximate surface area is 95.2 Å². The molecule has 0 unspecified atom stereocenters. The summed E-state index contributed by atoms with van der Waals surface area (Å²) in [7, 11) is 0. The van der Waals surface area contributed by atoms with Crippen LogP contribution in [0.4, 0.5) is 0 Å². The smallest absolute Gasteiger partial charge is 0.255 e. The van der Waals surface area contributed by atoms with E-state index in [4.69, 9.17) is 10.2 Å². The Bertz CT molecular complexity index is 373. The first kappa shape index (κ1) is 11.2. The van der Waals surface area contributed by atoms with Gasteiger partial charge in [0, 0.05) is 12.1 Å². The van der Waals surface area contributed by atoms with Gasteiger partial charge in [-0.3, -0.25) is 4.79 Å². The number of furan rings is 1. The Morgan fingerprint density at radius 3 is 2.88 bits per heavy atom. The van der Waals surface area contributed by atoms with Crippen molar-refractivity contribution in [3.05, 3.63) is 23.7 Å². The average Bonchev–Trinajstić information content (AvgIpc) is 2.68. The van der Waals surface area contributed by atoms with Crippen molar-refractivity contribution in [1.82, 2.24) is 5.32 Å². The van der Waals surface area contributed by atoms with E-state index in [0.717, 1.165) is 25.7 Å². The predicted molar refractivity (Wildman–Crippen MR) is 61.1 cm³/mol. The summed E-state index contributed by atoms with van der Waals surface area (Å²) in [4.78, 5) is 11.9. The average molecular weight is 222 g/mol. The molecular weight excluding hydrogens is 204 g/mol. The summed E-state index contributed by atoms with van der Waals surface area (Å²) in [5.74, 6) is 0.579. The van der Waals surface area contributed by atoms with Crippen LogP contribution in [0.25, 0.3) is 0 Å². The Kier molecular flexibility index (Phi) is 3.29. The van der Waals surface area contributed by atoms with Gasteiger partial charge >= 0.3 is 0 Å². The first-order valence-electron chi connectivity index (χ1n) is 5.79. The summed E-state index contributed by atoms with van der Waals surface area (Å²) < 4.78 is 5.11. The highest BCUT2D eigenvalue weighted by atomic mass is 16.3. The first-order chi connectivity index (χ1) is 7.68. The lowest BCUT2D eigenvalue weighted by molar-refractivity contribution is 0.0919. The summed E-state index contributed by atoms with van der Waals surface area (Å²) in [6, 6.07) is 1.89. The molecule has 4 nitrogen and oxygen atoms in total. The number of nitrogens with two attached hydrogens (primary N) is 1. The van der Waals surface area contributed by atoms with Gasteiger partial charge in [-0.1, -0.05) is 12.8 Å². The van der Waals surface area contributed by atoms with Gasteiger partial charge in [0.05, 0.1) is 11.8 Å². The fourth-order valence-electron chi connectivity index (χ4n) is 2.21.